The molecule has 0 aromatic heterocycles. The molecule has 16 heavy (non-hydrogen) atoms. The number of rotatable bonds is 3. The Morgan fingerprint density at radius 1 is 1.38 bits per heavy atom. The highest BCUT2D eigenvalue weighted by molar-refractivity contribution is 6.53. The number of carbonyl (C=O) groups is 2. The van der Waals surface area contributed by atoms with E-state index in [4.69, 9.17) is 23.2 Å². The van der Waals surface area contributed by atoms with Gasteiger partial charge < -0.3 is 10.2 Å². The van der Waals surface area contributed by atoms with Gasteiger partial charge in [0.05, 0.1) is 5.41 Å². The molecule has 0 radical (unpaired) electrons. The van der Waals surface area contributed by atoms with Crippen molar-refractivity contribution in [1.82, 2.24) is 10.2 Å². The SMILES string of the molecule is C[C@H](NC(=O)[C@]1(C)CC1(Cl)Cl)C(=O)N(C)C. The maximum absolute atomic E-state index is 11.8. The smallest absolute Gasteiger partial charge is 0.244 e. The second-order valence-corrected chi connectivity index (χ2v) is 6.13. The number of carbonyl (C=O) groups excluding carboxylic acids is 2. The van der Waals surface area contributed by atoms with Gasteiger partial charge >= 0.3 is 0 Å². The molecule has 0 spiro atoms. The van der Waals surface area contributed by atoms with Crippen LogP contribution in [0.15, 0.2) is 0 Å². The number of hydrogen-bond acceptors (Lipinski definition) is 2. The summed E-state index contributed by atoms with van der Waals surface area (Å²) in [6.07, 6.45) is 0.415. The lowest BCUT2D eigenvalue weighted by Gasteiger charge is -2.20. The third-order valence-electron chi connectivity index (χ3n) is 2.92. The van der Waals surface area contributed by atoms with Gasteiger partial charge in [0, 0.05) is 14.1 Å². The fourth-order valence-electron chi connectivity index (χ4n) is 1.45. The molecule has 92 valence electrons. The van der Waals surface area contributed by atoms with Gasteiger partial charge in [0.2, 0.25) is 11.8 Å². The molecule has 0 saturated heterocycles. The highest BCUT2D eigenvalue weighted by atomic mass is 35.5. The molecule has 0 bridgehead atoms. The molecule has 0 aliphatic heterocycles. The minimum Gasteiger partial charge on any atom is -0.347 e. The molecule has 4 nitrogen and oxygen atoms in total. The van der Waals surface area contributed by atoms with Crippen molar-refractivity contribution in [3.05, 3.63) is 0 Å². The van der Waals surface area contributed by atoms with Crippen LogP contribution in [0.5, 0.6) is 0 Å². The Kier molecular flexibility index (Phi) is 3.46. The summed E-state index contributed by atoms with van der Waals surface area (Å²) in [6.45, 7) is 3.32. The minimum atomic E-state index is -1.00. The molecule has 1 saturated carbocycles. The summed E-state index contributed by atoms with van der Waals surface area (Å²) in [6, 6.07) is -0.566. The molecule has 1 fully saturated rings. The lowest BCUT2D eigenvalue weighted by atomic mass is 10.1. The highest BCUT2D eigenvalue weighted by Crippen LogP contribution is 2.63. The van der Waals surface area contributed by atoms with Gasteiger partial charge in [0.15, 0.2) is 0 Å². The Morgan fingerprint density at radius 2 is 1.81 bits per heavy atom. The average Bonchev–Trinajstić information content (AvgIpc) is 2.65. The minimum absolute atomic E-state index is 0.160. The number of nitrogens with zero attached hydrogens (tertiary/aromatic N) is 1. The quantitative estimate of drug-likeness (QED) is 0.780. The van der Waals surface area contributed by atoms with Gasteiger partial charge in [0.25, 0.3) is 0 Å². The van der Waals surface area contributed by atoms with Crippen molar-refractivity contribution in [2.75, 3.05) is 14.1 Å². The molecule has 1 rings (SSSR count). The van der Waals surface area contributed by atoms with Crippen molar-refractivity contribution < 1.29 is 9.59 Å². The Labute approximate surface area is 105 Å². The van der Waals surface area contributed by atoms with E-state index in [1.54, 1.807) is 27.9 Å². The molecule has 0 aromatic carbocycles. The summed E-state index contributed by atoms with van der Waals surface area (Å²) >= 11 is 11.8. The van der Waals surface area contributed by atoms with E-state index in [-0.39, 0.29) is 11.8 Å². The molecule has 6 heteroatoms. The van der Waals surface area contributed by atoms with E-state index < -0.39 is 15.8 Å². The van der Waals surface area contributed by atoms with Gasteiger partial charge in [-0.15, -0.1) is 23.2 Å². The van der Waals surface area contributed by atoms with Crippen molar-refractivity contribution in [3.63, 3.8) is 0 Å². The van der Waals surface area contributed by atoms with Crippen molar-refractivity contribution in [1.29, 1.82) is 0 Å². The molecule has 0 heterocycles. The standard InChI is InChI=1S/C10H16Cl2N2O2/c1-6(7(15)14(3)4)13-8(16)9(2)5-10(9,11)12/h6H,5H2,1-4H3,(H,13,16)/t6-,9-/m0/s1. The summed E-state index contributed by atoms with van der Waals surface area (Å²) in [5.41, 5.74) is -0.781. The van der Waals surface area contributed by atoms with Crippen molar-refractivity contribution in [2.24, 2.45) is 5.41 Å². The zero-order chi connectivity index (χ0) is 12.7. The monoisotopic (exact) mass is 266 g/mol. The first kappa shape index (κ1) is 13.6. The molecule has 2 amide bonds. The van der Waals surface area contributed by atoms with Crippen LogP contribution in [0.1, 0.15) is 20.3 Å². The van der Waals surface area contributed by atoms with Gasteiger partial charge in [-0.2, -0.15) is 0 Å². The van der Waals surface area contributed by atoms with Crippen LogP contribution in [0.4, 0.5) is 0 Å². The highest BCUT2D eigenvalue weighted by Gasteiger charge is 2.68. The predicted molar refractivity (Wildman–Crippen MR) is 63.5 cm³/mol. The molecule has 0 unspecified atom stereocenters. The third kappa shape index (κ3) is 2.28. The van der Waals surface area contributed by atoms with Crippen molar-refractivity contribution in [2.45, 2.75) is 30.6 Å². The van der Waals surface area contributed by atoms with E-state index in [0.717, 1.165) is 0 Å². The third-order valence-corrected chi connectivity index (χ3v) is 4.02. The van der Waals surface area contributed by atoms with E-state index in [1.165, 1.54) is 4.90 Å². The zero-order valence-electron chi connectivity index (χ0n) is 9.80. The number of amides is 2. The van der Waals surface area contributed by atoms with Crippen LogP contribution in [-0.2, 0) is 9.59 Å². The Morgan fingerprint density at radius 3 is 2.12 bits per heavy atom. The van der Waals surface area contributed by atoms with Gasteiger partial charge in [-0.1, -0.05) is 0 Å². The summed E-state index contributed by atoms with van der Waals surface area (Å²) in [5, 5.41) is 2.62. The van der Waals surface area contributed by atoms with E-state index >= 15 is 0 Å². The Balaban J connectivity index is 2.57. The molecule has 2 atom stereocenters. The predicted octanol–water partition coefficient (Wildman–Crippen LogP) is 1.16. The fraction of sp³-hybridized carbons (Fsp3) is 0.800. The van der Waals surface area contributed by atoms with E-state index in [2.05, 4.69) is 5.32 Å². The topological polar surface area (TPSA) is 49.4 Å². The number of hydrogen-bond donors (Lipinski definition) is 1. The van der Waals surface area contributed by atoms with E-state index in [9.17, 15) is 9.59 Å². The van der Waals surface area contributed by atoms with Crippen molar-refractivity contribution >= 4 is 35.0 Å². The molecular weight excluding hydrogens is 251 g/mol. The lowest BCUT2D eigenvalue weighted by Crippen LogP contribution is -2.47. The number of halogens is 2. The van der Waals surface area contributed by atoms with Gasteiger partial charge in [-0.3, -0.25) is 9.59 Å². The first-order chi connectivity index (χ1) is 7.12. The Bertz CT molecular complexity index is 331. The average molecular weight is 267 g/mol. The van der Waals surface area contributed by atoms with Crippen LogP contribution in [0, 0.1) is 5.41 Å². The summed E-state index contributed by atoms with van der Waals surface area (Å²) in [5.74, 6) is -0.437. The molecule has 1 aliphatic carbocycles. The molecule has 0 aromatic rings. The van der Waals surface area contributed by atoms with Crippen LogP contribution >= 0.6 is 23.2 Å². The molecule has 1 N–H and O–H groups in total. The number of likely N-dealkylation sites (N-methyl/N-ethyl adjacent to an activating group) is 1. The van der Waals surface area contributed by atoms with E-state index in [1.807, 2.05) is 0 Å². The largest absolute Gasteiger partial charge is 0.347 e. The second-order valence-electron chi connectivity index (χ2n) is 4.64. The van der Waals surface area contributed by atoms with Gasteiger partial charge in [-0.05, 0) is 20.3 Å². The van der Waals surface area contributed by atoms with Crippen LogP contribution < -0.4 is 5.32 Å². The summed E-state index contributed by atoms with van der Waals surface area (Å²) in [7, 11) is 3.27. The van der Waals surface area contributed by atoms with Gasteiger partial charge in [-0.25, -0.2) is 0 Å². The van der Waals surface area contributed by atoms with Crippen LogP contribution in [-0.4, -0.2) is 41.2 Å². The maximum atomic E-state index is 11.8. The molecule has 1 aliphatic rings. The summed E-state index contributed by atoms with van der Waals surface area (Å²) < 4.78 is -1.00. The maximum Gasteiger partial charge on any atom is 0.244 e. The lowest BCUT2D eigenvalue weighted by molar-refractivity contribution is -0.135. The van der Waals surface area contributed by atoms with Crippen LogP contribution in [0.2, 0.25) is 0 Å². The normalized spacial score (nSPS) is 28.1. The molecular formula is C10H16Cl2N2O2. The summed E-state index contributed by atoms with van der Waals surface area (Å²) in [4.78, 5) is 24.8. The van der Waals surface area contributed by atoms with Gasteiger partial charge in [0.1, 0.15) is 10.4 Å². The fourth-order valence-corrected chi connectivity index (χ4v) is 2.16. The van der Waals surface area contributed by atoms with Crippen LogP contribution in [0.25, 0.3) is 0 Å². The number of nitrogens with one attached hydrogen (secondary N) is 1. The first-order valence-electron chi connectivity index (χ1n) is 5.02. The Hall–Kier alpha value is -0.480. The number of alkyl halides is 2. The second kappa shape index (κ2) is 4.08. The van der Waals surface area contributed by atoms with Crippen molar-refractivity contribution in [3.8, 4) is 0 Å². The first-order valence-corrected chi connectivity index (χ1v) is 5.77. The zero-order valence-corrected chi connectivity index (χ0v) is 11.3. The van der Waals surface area contributed by atoms with Crippen LogP contribution in [0.3, 0.4) is 0 Å². The van der Waals surface area contributed by atoms with E-state index in [0.29, 0.717) is 6.42 Å².